The Bertz CT molecular complexity index is 1010. The standard InChI is InChI=1S/C26H34N4S2/c1-5-19-15-21(25(7-3)31-19)23-11-14-30(18-28-23)13-8-9-26-22(16-20(6-2)32-26)24-10-12-27-17-29(24)4/h10-12,14-18,23-24H,5-9,13H2,1-4H3. The molecule has 0 bridgehead atoms. The molecule has 2 unspecified atom stereocenters. The van der Waals surface area contributed by atoms with E-state index in [9.17, 15) is 0 Å². The van der Waals surface area contributed by atoms with Crippen molar-refractivity contribution in [2.75, 3.05) is 13.6 Å². The Kier molecular flexibility index (Phi) is 7.63. The summed E-state index contributed by atoms with van der Waals surface area (Å²) in [6.07, 6.45) is 18.1. The van der Waals surface area contributed by atoms with Gasteiger partial charge in [-0.3, -0.25) is 4.99 Å². The van der Waals surface area contributed by atoms with Crippen LogP contribution < -0.4 is 0 Å². The first-order chi connectivity index (χ1) is 15.6. The first-order valence-corrected chi connectivity index (χ1v) is 13.4. The average Bonchev–Trinajstić information content (AvgIpc) is 3.44. The van der Waals surface area contributed by atoms with Crippen molar-refractivity contribution in [1.29, 1.82) is 0 Å². The second-order valence-electron chi connectivity index (χ2n) is 8.35. The monoisotopic (exact) mass is 466 g/mol. The van der Waals surface area contributed by atoms with Gasteiger partial charge in [0.1, 0.15) is 0 Å². The fourth-order valence-corrected chi connectivity index (χ4v) is 6.58. The van der Waals surface area contributed by atoms with E-state index in [2.05, 4.69) is 73.1 Å². The van der Waals surface area contributed by atoms with Gasteiger partial charge in [-0.15, -0.1) is 22.7 Å². The van der Waals surface area contributed by atoms with Gasteiger partial charge in [-0.05, 0) is 67.5 Å². The van der Waals surface area contributed by atoms with Crippen LogP contribution in [0.4, 0.5) is 0 Å². The molecule has 2 aromatic heterocycles. The molecule has 0 saturated carbocycles. The molecule has 0 spiro atoms. The summed E-state index contributed by atoms with van der Waals surface area (Å²) in [5, 5.41) is 0. The van der Waals surface area contributed by atoms with Gasteiger partial charge in [0.25, 0.3) is 0 Å². The van der Waals surface area contributed by atoms with Gasteiger partial charge in [0.2, 0.25) is 0 Å². The number of rotatable bonds is 9. The summed E-state index contributed by atoms with van der Waals surface area (Å²) in [4.78, 5) is 19.5. The zero-order valence-electron chi connectivity index (χ0n) is 19.6. The van der Waals surface area contributed by atoms with E-state index in [4.69, 9.17) is 4.99 Å². The topological polar surface area (TPSA) is 31.2 Å². The molecule has 6 heteroatoms. The van der Waals surface area contributed by atoms with Crippen LogP contribution in [0.5, 0.6) is 0 Å². The highest BCUT2D eigenvalue weighted by molar-refractivity contribution is 7.12. The number of likely N-dealkylation sites (N-methyl/N-ethyl adjacent to an activating group) is 1. The number of hydrogen-bond donors (Lipinski definition) is 0. The first-order valence-electron chi connectivity index (χ1n) is 11.7. The first kappa shape index (κ1) is 23.0. The Hall–Kier alpha value is -2.18. The van der Waals surface area contributed by atoms with E-state index >= 15 is 0 Å². The lowest BCUT2D eigenvalue weighted by Gasteiger charge is -2.26. The molecule has 2 aromatic rings. The molecular weight excluding hydrogens is 432 g/mol. The SMILES string of the molecule is CCc1cc(C2C=CN(CCCc3sc(CC)cc3C3C=CN=CN3C)C=N2)c(CC)s1. The van der Waals surface area contributed by atoms with E-state index in [-0.39, 0.29) is 6.04 Å². The van der Waals surface area contributed by atoms with Gasteiger partial charge in [-0.2, -0.15) is 0 Å². The van der Waals surface area contributed by atoms with Crippen LogP contribution in [0.25, 0.3) is 0 Å². The molecule has 4 rings (SSSR count). The third-order valence-corrected chi connectivity index (χ3v) is 8.93. The maximum atomic E-state index is 4.87. The van der Waals surface area contributed by atoms with Crippen LogP contribution in [0.2, 0.25) is 0 Å². The molecule has 4 heterocycles. The van der Waals surface area contributed by atoms with Crippen LogP contribution in [-0.4, -0.2) is 36.1 Å². The molecule has 0 N–H and O–H groups in total. The molecule has 0 aliphatic carbocycles. The van der Waals surface area contributed by atoms with Crippen molar-refractivity contribution in [1.82, 2.24) is 9.80 Å². The van der Waals surface area contributed by atoms with Crippen LogP contribution in [0.15, 0.2) is 46.7 Å². The molecule has 0 radical (unpaired) electrons. The van der Waals surface area contributed by atoms with Crippen molar-refractivity contribution >= 4 is 35.4 Å². The van der Waals surface area contributed by atoms with E-state index in [0.29, 0.717) is 6.04 Å². The summed E-state index contributed by atoms with van der Waals surface area (Å²) in [5.74, 6) is 0. The van der Waals surface area contributed by atoms with Gasteiger partial charge in [0.15, 0.2) is 0 Å². The van der Waals surface area contributed by atoms with Crippen molar-refractivity contribution in [2.24, 2.45) is 9.98 Å². The van der Waals surface area contributed by atoms with Crippen molar-refractivity contribution in [2.45, 2.75) is 65.0 Å². The Morgan fingerprint density at radius 1 is 0.906 bits per heavy atom. The fourth-order valence-electron chi connectivity index (χ4n) is 4.30. The van der Waals surface area contributed by atoms with Crippen molar-refractivity contribution in [3.8, 4) is 0 Å². The zero-order chi connectivity index (χ0) is 22.5. The highest BCUT2D eigenvalue weighted by Gasteiger charge is 2.21. The lowest BCUT2D eigenvalue weighted by atomic mass is 10.0. The normalized spacial score (nSPS) is 20.0. The van der Waals surface area contributed by atoms with Crippen LogP contribution in [-0.2, 0) is 25.7 Å². The van der Waals surface area contributed by atoms with Gasteiger partial charge < -0.3 is 9.80 Å². The van der Waals surface area contributed by atoms with Gasteiger partial charge >= 0.3 is 0 Å². The van der Waals surface area contributed by atoms with Crippen molar-refractivity contribution < 1.29 is 0 Å². The molecule has 2 atom stereocenters. The van der Waals surface area contributed by atoms with E-state index < -0.39 is 0 Å². The third-order valence-electron chi connectivity index (χ3n) is 6.14. The lowest BCUT2D eigenvalue weighted by molar-refractivity contribution is 0.443. The molecule has 0 aromatic carbocycles. The Balaban J connectivity index is 1.36. The third kappa shape index (κ3) is 5.07. The second-order valence-corrected chi connectivity index (χ2v) is 10.8. The summed E-state index contributed by atoms with van der Waals surface area (Å²) >= 11 is 3.92. The van der Waals surface area contributed by atoms with Crippen LogP contribution in [0, 0.1) is 0 Å². The van der Waals surface area contributed by atoms with E-state index in [1.54, 1.807) is 0 Å². The average molecular weight is 467 g/mol. The molecule has 4 nitrogen and oxygen atoms in total. The van der Waals surface area contributed by atoms with E-state index in [1.807, 2.05) is 41.6 Å². The van der Waals surface area contributed by atoms with Gasteiger partial charge in [-0.25, -0.2) is 4.99 Å². The molecule has 2 aliphatic heterocycles. The minimum atomic E-state index is 0.170. The Morgan fingerprint density at radius 2 is 1.66 bits per heavy atom. The summed E-state index contributed by atoms with van der Waals surface area (Å²) in [5.41, 5.74) is 2.83. The molecule has 0 fully saturated rings. The minimum Gasteiger partial charge on any atom is -0.355 e. The van der Waals surface area contributed by atoms with Gasteiger partial charge in [0, 0.05) is 45.5 Å². The maximum absolute atomic E-state index is 4.87. The summed E-state index contributed by atoms with van der Waals surface area (Å²) in [6.45, 7) is 7.71. The number of thiophene rings is 2. The minimum absolute atomic E-state index is 0.170. The molecule has 0 amide bonds. The number of nitrogens with zero attached hydrogens (tertiary/aromatic N) is 4. The predicted octanol–water partition coefficient (Wildman–Crippen LogP) is 6.56. The quantitative estimate of drug-likeness (QED) is 0.419. The number of aryl methyl sites for hydroxylation is 4. The molecule has 170 valence electrons. The zero-order valence-corrected chi connectivity index (χ0v) is 21.3. The predicted molar refractivity (Wildman–Crippen MR) is 140 cm³/mol. The van der Waals surface area contributed by atoms with Gasteiger partial charge in [-0.1, -0.05) is 20.8 Å². The Morgan fingerprint density at radius 3 is 2.31 bits per heavy atom. The molecular formula is C26H34N4S2. The molecule has 2 aliphatic rings. The maximum Gasteiger partial charge on any atom is 0.0975 e. The molecule has 0 saturated heterocycles. The Labute approximate surface area is 200 Å². The fraction of sp³-hybridized carbons (Fsp3) is 0.462. The highest BCUT2D eigenvalue weighted by Crippen LogP contribution is 2.34. The summed E-state index contributed by atoms with van der Waals surface area (Å²) in [7, 11) is 2.11. The number of hydrogen-bond acceptors (Lipinski definition) is 6. The largest absolute Gasteiger partial charge is 0.355 e. The number of aliphatic imine (C=N–C) groups is 2. The summed E-state index contributed by atoms with van der Waals surface area (Å²) in [6, 6.07) is 5.22. The van der Waals surface area contributed by atoms with Crippen LogP contribution in [0.3, 0.4) is 0 Å². The van der Waals surface area contributed by atoms with E-state index in [0.717, 1.165) is 38.6 Å². The second kappa shape index (κ2) is 10.6. The van der Waals surface area contributed by atoms with Crippen molar-refractivity contribution in [3.05, 3.63) is 67.3 Å². The lowest BCUT2D eigenvalue weighted by Crippen LogP contribution is -2.24. The van der Waals surface area contributed by atoms with Crippen LogP contribution in [0.1, 0.15) is 69.9 Å². The highest BCUT2D eigenvalue weighted by atomic mass is 32.1. The van der Waals surface area contributed by atoms with E-state index in [1.165, 1.54) is 30.6 Å². The van der Waals surface area contributed by atoms with Crippen LogP contribution >= 0.6 is 22.7 Å². The smallest absolute Gasteiger partial charge is 0.0975 e. The van der Waals surface area contributed by atoms with Crippen molar-refractivity contribution in [3.63, 3.8) is 0 Å². The molecule has 32 heavy (non-hydrogen) atoms. The van der Waals surface area contributed by atoms with Gasteiger partial charge in [0.05, 0.1) is 24.8 Å². The summed E-state index contributed by atoms with van der Waals surface area (Å²) < 4.78 is 0.